The Balaban J connectivity index is 1.64. The van der Waals surface area contributed by atoms with E-state index in [1.54, 1.807) is 34.0 Å². The molecule has 0 radical (unpaired) electrons. The van der Waals surface area contributed by atoms with E-state index in [0.29, 0.717) is 0 Å². The standard InChI is InChI=1S/C18H10S3/c1-2-5-16-13(4-1)12-15(21-16)8-7-14-9-10-18(20-14)17-6-3-11-19-17/h1-6,9-12H. The number of hydrogen-bond acceptors (Lipinski definition) is 3. The zero-order chi connectivity index (χ0) is 14.1. The van der Waals surface area contributed by atoms with Crippen LogP contribution in [0, 0.1) is 11.8 Å². The van der Waals surface area contributed by atoms with Gasteiger partial charge in [-0.25, -0.2) is 0 Å². The smallest absolute Gasteiger partial charge is 0.0785 e. The third kappa shape index (κ3) is 2.66. The molecule has 0 atom stereocenters. The van der Waals surface area contributed by atoms with Gasteiger partial charge >= 0.3 is 0 Å². The molecular formula is C18H10S3. The van der Waals surface area contributed by atoms with Gasteiger partial charge in [-0.3, -0.25) is 0 Å². The molecule has 3 aromatic heterocycles. The van der Waals surface area contributed by atoms with E-state index < -0.39 is 0 Å². The van der Waals surface area contributed by atoms with Gasteiger partial charge in [-0.15, -0.1) is 34.0 Å². The fourth-order valence-corrected chi connectivity index (χ4v) is 4.73. The van der Waals surface area contributed by atoms with Crippen molar-refractivity contribution in [3.8, 4) is 21.6 Å². The van der Waals surface area contributed by atoms with Crippen LogP contribution in [-0.2, 0) is 0 Å². The van der Waals surface area contributed by atoms with Crippen molar-refractivity contribution >= 4 is 44.1 Å². The monoisotopic (exact) mass is 322 g/mol. The van der Waals surface area contributed by atoms with Gasteiger partial charge in [0.25, 0.3) is 0 Å². The van der Waals surface area contributed by atoms with Gasteiger partial charge in [0, 0.05) is 14.5 Å². The van der Waals surface area contributed by atoms with Crippen LogP contribution in [0.15, 0.2) is 60.0 Å². The van der Waals surface area contributed by atoms with Crippen LogP contribution in [0.25, 0.3) is 19.8 Å². The van der Waals surface area contributed by atoms with E-state index in [1.807, 2.05) is 0 Å². The lowest BCUT2D eigenvalue weighted by atomic mass is 10.2. The van der Waals surface area contributed by atoms with Gasteiger partial charge in [0.2, 0.25) is 0 Å². The van der Waals surface area contributed by atoms with Gasteiger partial charge in [0.1, 0.15) is 0 Å². The third-order valence-corrected chi connectivity index (χ3v) is 6.20. The molecule has 4 aromatic rings. The van der Waals surface area contributed by atoms with Crippen molar-refractivity contribution in [2.45, 2.75) is 0 Å². The summed E-state index contributed by atoms with van der Waals surface area (Å²) in [6, 6.07) is 19.1. The molecule has 4 rings (SSSR count). The molecule has 0 saturated carbocycles. The Morgan fingerprint density at radius 1 is 0.714 bits per heavy atom. The van der Waals surface area contributed by atoms with Crippen molar-refractivity contribution in [2.24, 2.45) is 0 Å². The summed E-state index contributed by atoms with van der Waals surface area (Å²) in [7, 11) is 0. The lowest BCUT2D eigenvalue weighted by Gasteiger charge is -1.86. The molecule has 0 spiro atoms. The molecule has 0 amide bonds. The Labute approximate surface area is 135 Å². The first kappa shape index (κ1) is 12.8. The second kappa shape index (κ2) is 5.50. The van der Waals surface area contributed by atoms with Crippen molar-refractivity contribution in [1.29, 1.82) is 0 Å². The van der Waals surface area contributed by atoms with Gasteiger partial charge in [0.15, 0.2) is 0 Å². The molecule has 0 fully saturated rings. The summed E-state index contributed by atoms with van der Waals surface area (Å²) in [5.74, 6) is 6.58. The second-order valence-electron chi connectivity index (χ2n) is 4.54. The Morgan fingerprint density at radius 3 is 2.48 bits per heavy atom. The molecule has 0 N–H and O–H groups in total. The van der Waals surface area contributed by atoms with E-state index in [1.165, 1.54) is 19.8 Å². The third-order valence-electron chi connectivity index (χ3n) is 3.10. The van der Waals surface area contributed by atoms with E-state index in [0.717, 1.165) is 9.75 Å². The number of fused-ring (bicyclic) bond motifs is 1. The summed E-state index contributed by atoms with van der Waals surface area (Å²) < 4.78 is 1.30. The van der Waals surface area contributed by atoms with E-state index in [2.05, 4.69) is 71.8 Å². The molecule has 1 aromatic carbocycles. The molecule has 0 bridgehead atoms. The van der Waals surface area contributed by atoms with Crippen LogP contribution < -0.4 is 0 Å². The highest BCUT2D eigenvalue weighted by atomic mass is 32.1. The van der Waals surface area contributed by atoms with Gasteiger partial charge in [-0.05, 0) is 52.9 Å². The minimum Gasteiger partial charge on any atom is -0.143 e. The number of rotatable bonds is 1. The molecular weight excluding hydrogens is 312 g/mol. The number of thiophene rings is 3. The lowest BCUT2D eigenvalue weighted by Crippen LogP contribution is -1.62. The Morgan fingerprint density at radius 2 is 1.62 bits per heavy atom. The molecule has 0 aliphatic rings. The number of benzene rings is 1. The van der Waals surface area contributed by atoms with Crippen molar-refractivity contribution in [3.05, 3.63) is 69.7 Å². The van der Waals surface area contributed by atoms with Crippen LogP contribution in [-0.4, -0.2) is 0 Å². The average Bonchev–Trinajstić information content (AvgIpc) is 3.23. The molecule has 21 heavy (non-hydrogen) atoms. The second-order valence-corrected chi connectivity index (χ2v) is 7.65. The van der Waals surface area contributed by atoms with Crippen LogP contribution in [0.2, 0.25) is 0 Å². The van der Waals surface area contributed by atoms with Gasteiger partial charge in [-0.2, -0.15) is 0 Å². The maximum absolute atomic E-state index is 3.29. The van der Waals surface area contributed by atoms with E-state index in [9.17, 15) is 0 Å². The first-order valence-corrected chi connectivity index (χ1v) is 9.04. The Kier molecular flexibility index (Phi) is 3.36. The highest BCUT2D eigenvalue weighted by Gasteiger charge is 2.02. The molecule has 0 saturated heterocycles. The summed E-state index contributed by atoms with van der Waals surface area (Å²) in [5.41, 5.74) is 0. The summed E-state index contributed by atoms with van der Waals surface area (Å²) in [4.78, 5) is 4.86. The first-order valence-electron chi connectivity index (χ1n) is 6.53. The maximum Gasteiger partial charge on any atom is 0.0785 e. The van der Waals surface area contributed by atoms with Gasteiger partial charge in [0.05, 0.1) is 9.75 Å². The van der Waals surface area contributed by atoms with Gasteiger partial charge in [-0.1, -0.05) is 24.3 Å². The maximum atomic E-state index is 3.29. The quantitative estimate of drug-likeness (QED) is 0.372. The normalized spacial score (nSPS) is 10.5. The summed E-state index contributed by atoms with van der Waals surface area (Å²) in [6.07, 6.45) is 0. The molecule has 3 heteroatoms. The van der Waals surface area contributed by atoms with Crippen LogP contribution in [0.1, 0.15) is 9.75 Å². The molecule has 100 valence electrons. The zero-order valence-corrected chi connectivity index (χ0v) is 13.4. The number of hydrogen-bond donors (Lipinski definition) is 0. The van der Waals surface area contributed by atoms with E-state index >= 15 is 0 Å². The van der Waals surface area contributed by atoms with Crippen LogP contribution in [0.4, 0.5) is 0 Å². The van der Waals surface area contributed by atoms with E-state index in [4.69, 9.17) is 0 Å². The summed E-state index contributed by atoms with van der Waals surface area (Å²) >= 11 is 5.28. The Hall–Kier alpha value is -1.86. The topological polar surface area (TPSA) is 0 Å². The lowest BCUT2D eigenvalue weighted by molar-refractivity contribution is 1.85. The van der Waals surface area contributed by atoms with Crippen molar-refractivity contribution in [3.63, 3.8) is 0 Å². The fourth-order valence-electron chi connectivity index (χ4n) is 2.12. The average molecular weight is 322 g/mol. The highest BCUT2D eigenvalue weighted by molar-refractivity contribution is 7.21. The molecule has 0 nitrogen and oxygen atoms in total. The van der Waals surface area contributed by atoms with Crippen molar-refractivity contribution in [1.82, 2.24) is 0 Å². The molecule has 0 aliphatic carbocycles. The van der Waals surface area contributed by atoms with Crippen molar-refractivity contribution < 1.29 is 0 Å². The van der Waals surface area contributed by atoms with E-state index in [-0.39, 0.29) is 0 Å². The zero-order valence-electron chi connectivity index (χ0n) is 11.0. The molecule has 3 heterocycles. The SMILES string of the molecule is C(#Cc1cc2ccccc2s1)c1ccc(-c2cccs2)s1. The predicted octanol–water partition coefficient (Wildman–Crippen LogP) is 6.09. The Bertz CT molecular complexity index is 910. The largest absolute Gasteiger partial charge is 0.143 e. The van der Waals surface area contributed by atoms with Gasteiger partial charge < -0.3 is 0 Å². The minimum absolute atomic E-state index is 1.12. The summed E-state index contributed by atoms with van der Waals surface area (Å²) in [6.45, 7) is 0. The molecule has 0 aliphatic heterocycles. The predicted molar refractivity (Wildman–Crippen MR) is 95.4 cm³/mol. The first-order chi connectivity index (χ1) is 10.4. The molecule has 0 unspecified atom stereocenters. The highest BCUT2D eigenvalue weighted by Crippen LogP contribution is 2.31. The van der Waals surface area contributed by atoms with Crippen LogP contribution >= 0.6 is 34.0 Å². The van der Waals surface area contributed by atoms with Crippen molar-refractivity contribution in [2.75, 3.05) is 0 Å². The minimum atomic E-state index is 1.12. The fraction of sp³-hybridized carbons (Fsp3) is 0. The van der Waals surface area contributed by atoms with Crippen LogP contribution in [0.3, 0.4) is 0 Å². The summed E-state index contributed by atoms with van der Waals surface area (Å²) in [5, 5.41) is 3.38. The van der Waals surface area contributed by atoms with Crippen LogP contribution in [0.5, 0.6) is 0 Å².